The van der Waals surface area contributed by atoms with E-state index in [1.807, 2.05) is 6.07 Å². The predicted molar refractivity (Wildman–Crippen MR) is 49.4 cm³/mol. The molecule has 0 spiro atoms. The first kappa shape index (κ1) is 9.36. The molecule has 0 atom stereocenters. The molecule has 0 bridgehead atoms. The van der Waals surface area contributed by atoms with Gasteiger partial charge in [0.1, 0.15) is 0 Å². The molecule has 0 unspecified atom stereocenters. The number of hydrogen-bond acceptors (Lipinski definition) is 2. The highest BCUT2D eigenvalue weighted by Gasteiger charge is 2.02. The lowest BCUT2D eigenvalue weighted by molar-refractivity contribution is 0.259. The van der Waals surface area contributed by atoms with Gasteiger partial charge in [-0.3, -0.25) is 0 Å². The molecule has 1 rings (SSSR count). The molecule has 13 heavy (non-hydrogen) atoms. The zero-order valence-electron chi connectivity index (χ0n) is 6.54. The number of benzene rings is 1. The first-order valence-electron chi connectivity index (χ1n) is 3.39. The normalized spacial score (nSPS) is 8.92. The highest BCUT2D eigenvalue weighted by Crippen LogP contribution is 2.22. The third-order valence-corrected chi connectivity index (χ3v) is 1.68. The monoisotopic (exact) mass is 195 g/mol. The summed E-state index contributed by atoms with van der Waals surface area (Å²) in [6, 6.07) is 5.73. The molecule has 0 radical (unpaired) electrons. The minimum absolute atomic E-state index is 0.341. The van der Waals surface area contributed by atoms with Crippen molar-refractivity contribution in [1.82, 2.24) is 0 Å². The first-order chi connectivity index (χ1) is 6.13. The third kappa shape index (κ3) is 2.36. The molecule has 0 aliphatic carbocycles. The highest BCUT2D eigenvalue weighted by molar-refractivity contribution is 6.33. The molecule has 1 aromatic rings. The standard InChI is InChI=1S/C8H6ClN3O/c9-6-2-1-5(4-10)3-7(6)12-8(11)13/h1-3H,(H3,11,12,13). The molecule has 0 saturated heterocycles. The molecule has 0 heterocycles. The zero-order chi connectivity index (χ0) is 9.84. The van der Waals surface area contributed by atoms with Crippen LogP contribution in [0.15, 0.2) is 18.2 Å². The van der Waals surface area contributed by atoms with E-state index in [2.05, 4.69) is 5.32 Å². The number of primary amides is 1. The van der Waals surface area contributed by atoms with E-state index in [4.69, 9.17) is 22.6 Å². The second kappa shape index (κ2) is 3.78. The van der Waals surface area contributed by atoms with Gasteiger partial charge in [-0.05, 0) is 18.2 Å². The summed E-state index contributed by atoms with van der Waals surface area (Å²) in [4.78, 5) is 10.5. The lowest BCUT2D eigenvalue weighted by atomic mass is 10.2. The van der Waals surface area contributed by atoms with Gasteiger partial charge in [-0.25, -0.2) is 4.79 Å². The maximum Gasteiger partial charge on any atom is 0.316 e. The summed E-state index contributed by atoms with van der Waals surface area (Å²) in [6.45, 7) is 0. The van der Waals surface area contributed by atoms with Crippen LogP contribution in [0.2, 0.25) is 5.02 Å². The molecule has 66 valence electrons. The van der Waals surface area contributed by atoms with E-state index in [1.165, 1.54) is 12.1 Å². The van der Waals surface area contributed by atoms with Crippen LogP contribution in [-0.4, -0.2) is 6.03 Å². The number of amides is 2. The van der Waals surface area contributed by atoms with Crippen molar-refractivity contribution in [3.63, 3.8) is 0 Å². The van der Waals surface area contributed by atoms with E-state index < -0.39 is 6.03 Å². The van der Waals surface area contributed by atoms with Crippen LogP contribution in [0, 0.1) is 11.3 Å². The van der Waals surface area contributed by atoms with E-state index in [0.717, 1.165) is 0 Å². The van der Waals surface area contributed by atoms with Gasteiger partial charge in [-0.2, -0.15) is 5.26 Å². The molecule has 0 fully saturated rings. The summed E-state index contributed by atoms with van der Waals surface area (Å²) in [5, 5.41) is 11.2. The van der Waals surface area contributed by atoms with Gasteiger partial charge in [0.05, 0.1) is 22.3 Å². The van der Waals surface area contributed by atoms with Crippen LogP contribution in [0.3, 0.4) is 0 Å². The van der Waals surface area contributed by atoms with Gasteiger partial charge >= 0.3 is 6.03 Å². The maximum atomic E-state index is 10.5. The summed E-state index contributed by atoms with van der Waals surface area (Å²) in [6.07, 6.45) is 0. The predicted octanol–water partition coefficient (Wildman–Crippen LogP) is 1.70. The Bertz CT molecular complexity index is 383. The number of nitrogens with two attached hydrogens (primary N) is 1. The van der Waals surface area contributed by atoms with Gasteiger partial charge < -0.3 is 11.1 Å². The van der Waals surface area contributed by atoms with Gasteiger partial charge in [-0.15, -0.1) is 0 Å². The molecule has 1 aromatic carbocycles. The molecular weight excluding hydrogens is 190 g/mol. The van der Waals surface area contributed by atoms with Crippen LogP contribution >= 0.6 is 11.6 Å². The topological polar surface area (TPSA) is 78.9 Å². The van der Waals surface area contributed by atoms with Crippen LogP contribution in [0.1, 0.15) is 5.56 Å². The zero-order valence-corrected chi connectivity index (χ0v) is 7.30. The number of anilines is 1. The van der Waals surface area contributed by atoms with Crippen molar-refractivity contribution in [2.75, 3.05) is 5.32 Å². The minimum Gasteiger partial charge on any atom is -0.351 e. The van der Waals surface area contributed by atoms with Gasteiger partial charge in [0, 0.05) is 0 Å². The molecule has 0 saturated carbocycles. The SMILES string of the molecule is N#Cc1ccc(Cl)c(NC(N)=O)c1. The fraction of sp³-hybridized carbons (Fsp3) is 0. The third-order valence-electron chi connectivity index (χ3n) is 1.35. The fourth-order valence-corrected chi connectivity index (χ4v) is 0.988. The molecule has 0 aromatic heterocycles. The van der Waals surface area contributed by atoms with Gasteiger partial charge in [0.15, 0.2) is 0 Å². The average Bonchev–Trinajstić information content (AvgIpc) is 2.08. The van der Waals surface area contributed by atoms with Crippen LogP contribution in [-0.2, 0) is 0 Å². The number of carbonyl (C=O) groups is 1. The second-order valence-corrected chi connectivity index (χ2v) is 2.70. The van der Waals surface area contributed by atoms with Gasteiger partial charge in [0.2, 0.25) is 0 Å². The quantitative estimate of drug-likeness (QED) is 0.715. The molecule has 0 aliphatic heterocycles. The van der Waals surface area contributed by atoms with Crippen LogP contribution in [0.4, 0.5) is 10.5 Å². The minimum atomic E-state index is -0.711. The molecular formula is C8H6ClN3O. The Morgan fingerprint density at radius 1 is 1.62 bits per heavy atom. The maximum absolute atomic E-state index is 10.5. The van der Waals surface area contributed by atoms with E-state index in [0.29, 0.717) is 16.3 Å². The second-order valence-electron chi connectivity index (χ2n) is 2.30. The largest absolute Gasteiger partial charge is 0.351 e. The van der Waals surface area contributed by atoms with Crippen molar-refractivity contribution >= 4 is 23.3 Å². The summed E-state index contributed by atoms with van der Waals surface area (Å²) in [7, 11) is 0. The molecule has 0 aliphatic rings. The average molecular weight is 196 g/mol. The molecule has 4 nitrogen and oxygen atoms in total. The van der Waals surface area contributed by atoms with E-state index in [1.54, 1.807) is 6.07 Å². The van der Waals surface area contributed by atoms with Crippen molar-refractivity contribution in [2.45, 2.75) is 0 Å². The lowest BCUT2D eigenvalue weighted by Crippen LogP contribution is -2.19. The van der Waals surface area contributed by atoms with E-state index in [9.17, 15) is 4.79 Å². The Labute approximate surface area is 79.9 Å². The summed E-state index contributed by atoms with van der Waals surface area (Å²) in [5.74, 6) is 0. The number of nitrogens with zero attached hydrogens (tertiary/aromatic N) is 1. The number of rotatable bonds is 1. The van der Waals surface area contributed by atoms with E-state index in [-0.39, 0.29) is 0 Å². The Kier molecular flexibility index (Phi) is 2.72. The van der Waals surface area contributed by atoms with Crippen molar-refractivity contribution in [3.05, 3.63) is 28.8 Å². The number of hydrogen-bond donors (Lipinski definition) is 2. The summed E-state index contributed by atoms with van der Waals surface area (Å²) in [5.41, 5.74) is 5.64. The van der Waals surface area contributed by atoms with Crippen molar-refractivity contribution < 1.29 is 4.79 Å². The Hall–Kier alpha value is -1.73. The summed E-state index contributed by atoms with van der Waals surface area (Å²) < 4.78 is 0. The van der Waals surface area contributed by atoms with Crippen molar-refractivity contribution in [3.8, 4) is 6.07 Å². The Morgan fingerprint density at radius 2 is 2.31 bits per heavy atom. The van der Waals surface area contributed by atoms with Crippen molar-refractivity contribution in [2.24, 2.45) is 5.73 Å². The van der Waals surface area contributed by atoms with Crippen LogP contribution < -0.4 is 11.1 Å². The van der Waals surface area contributed by atoms with Crippen LogP contribution in [0.5, 0.6) is 0 Å². The molecule has 5 heteroatoms. The Balaban J connectivity index is 3.05. The number of carbonyl (C=O) groups excluding carboxylic acids is 1. The first-order valence-corrected chi connectivity index (χ1v) is 3.77. The smallest absolute Gasteiger partial charge is 0.316 e. The summed E-state index contributed by atoms with van der Waals surface area (Å²) >= 11 is 5.72. The molecule has 3 N–H and O–H groups in total. The fourth-order valence-electron chi connectivity index (χ4n) is 0.823. The highest BCUT2D eigenvalue weighted by atomic mass is 35.5. The van der Waals surface area contributed by atoms with Gasteiger partial charge in [0.25, 0.3) is 0 Å². The number of urea groups is 1. The number of nitrogens with one attached hydrogen (secondary N) is 1. The van der Waals surface area contributed by atoms with Crippen molar-refractivity contribution in [1.29, 1.82) is 5.26 Å². The van der Waals surface area contributed by atoms with E-state index >= 15 is 0 Å². The van der Waals surface area contributed by atoms with Gasteiger partial charge in [-0.1, -0.05) is 11.6 Å². The Morgan fingerprint density at radius 3 is 2.85 bits per heavy atom. The molecule has 2 amide bonds. The van der Waals surface area contributed by atoms with Crippen LogP contribution in [0.25, 0.3) is 0 Å². The lowest BCUT2D eigenvalue weighted by Gasteiger charge is -2.03. The number of nitriles is 1. The number of halogens is 1.